The molecule has 1 aromatic heterocycles. The van der Waals surface area contributed by atoms with E-state index in [4.69, 9.17) is 0 Å². The van der Waals surface area contributed by atoms with Crippen molar-refractivity contribution in [3.8, 4) is 0 Å². The highest BCUT2D eigenvalue weighted by Crippen LogP contribution is 2.19. The summed E-state index contributed by atoms with van der Waals surface area (Å²) >= 11 is 1.44. The fourth-order valence-corrected chi connectivity index (χ4v) is 3.08. The number of rotatable bonds is 3. The molecule has 2 rings (SSSR count). The Morgan fingerprint density at radius 1 is 1.58 bits per heavy atom. The summed E-state index contributed by atoms with van der Waals surface area (Å²) in [6.07, 6.45) is 0. The normalized spacial score (nSPS) is 19.3. The van der Waals surface area contributed by atoms with Gasteiger partial charge in [-0.2, -0.15) is 0 Å². The summed E-state index contributed by atoms with van der Waals surface area (Å²) in [4.78, 5) is 27.0. The molecule has 0 aromatic carbocycles. The highest BCUT2D eigenvalue weighted by Gasteiger charge is 2.33. The zero-order chi connectivity index (χ0) is 13.8. The molecule has 2 N–H and O–H groups in total. The van der Waals surface area contributed by atoms with Gasteiger partial charge in [-0.25, -0.2) is 0 Å². The minimum absolute atomic E-state index is 0.0368. The quantitative estimate of drug-likeness (QED) is 0.853. The Bertz CT molecular complexity index is 472. The van der Waals surface area contributed by atoms with Crippen molar-refractivity contribution in [1.82, 2.24) is 15.5 Å². The molecule has 0 saturated carbocycles. The van der Waals surface area contributed by atoms with Crippen LogP contribution in [0.1, 0.15) is 22.2 Å². The van der Waals surface area contributed by atoms with Gasteiger partial charge in [0.05, 0.1) is 4.88 Å². The third kappa shape index (κ3) is 2.96. The fourth-order valence-electron chi connectivity index (χ4n) is 2.20. The molecule has 0 aliphatic carbocycles. The van der Waals surface area contributed by atoms with Gasteiger partial charge in [-0.3, -0.25) is 9.59 Å². The van der Waals surface area contributed by atoms with Crippen LogP contribution in [0.4, 0.5) is 0 Å². The van der Waals surface area contributed by atoms with E-state index < -0.39 is 6.04 Å². The third-order valence-corrected chi connectivity index (χ3v) is 4.22. The number of hydrogen-bond acceptors (Lipinski definition) is 4. The lowest BCUT2D eigenvalue weighted by atomic mass is 10.1. The van der Waals surface area contributed by atoms with Crippen molar-refractivity contribution in [2.24, 2.45) is 0 Å². The number of thiophene rings is 1. The van der Waals surface area contributed by atoms with E-state index in [1.807, 2.05) is 25.3 Å². The van der Waals surface area contributed by atoms with Gasteiger partial charge in [0.25, 0.3) is 5.91 Å². The van der Waals surface area contributed by atoms with Gasteiger partial charge in [0.1, 0.15) is 6.04 Å². The highest BCUT2D eigenvalue weighted by atomic mass is 32.1. The van der Waals surface area contributed by atoms with Gasteiger partial charge in [0, 0.05) is 26.2 Å². The number of aryl methyl sites for hydroxylation is 1. The van der Waals surface area contributed by atoms with Crippen LogP contribution < -0.4 is 10.6 Å². The monoisotopic (exact) mass is 281 g/mol. The molecule has 1 aliphatic heterocycles. The third-order valence-electron chi connectivity index (χ3n) is 3.21. The first-order valence-corrected chi connectivity index (χ1v) is 7.36. The molecule has 19 heavy (non-hydrogen) atoms. The summed E-state index contributed by atoms with van der Waals surface area (Å²) in [6.45, 7) is 6.19. The van der Waals surface area contributed by atoms with Crippen LogP contribution in [0.5, 0.6) is 0 Å². The average molecular weight is 281 g/mol. The largest absolute Gasteiger partial charge is 0.355 e. The second kappa shape index (κ2) is 6.16. The standard InChI is InChI=1S/C13H19N3O2S/c1-3-15-12(17)10-8-14-5-6-16(10)13(18)11-9(2)4-7-19-11/h4,7,10,14H,3,5-6,8H2,1-2H3,(H,15,17). The Morgan fingerprint density at radius 2 is 2.37 bits per heavy atom. The summed E-state index contributed by atoms with van der Waals surface area (Å²) in [7, 11) is 0. The van der Waals surface area contributed by atoms with Crippen molar-refractivity contribution >= 4 is 23.2 Å². The average Bonchev–Trinajstić information content (AvgIpc) is 2.84. The Labute approximate surface area is 117 Å². The van der Waals surface area contributed by atoms with E-state index in [2.05, 4.69) is 10.6 Å². The van der Waals surface area contributed by atoms with E-state index in [1.165, 1.54) is 11.3 Å². The van der Waals surface area contributed by atoms with Gasteiger partial charge >= 0.3 is 0 Å². The Kier molecular flexibility index (Phi) is 4.55. The summed E-state index contributed by atoms with van der Waals surface area (Å²) < 4.78 is 0. The summed E-state index contributed by atoms with van der Waals surface area (Å²) in [6, 6.07) is 1.52. The molecule has 0 spiro atoms. The van der Waals surface area contributed by atoms with Crippen LogP contribution in [-0.2, 0) is 4.79 Å². The minimum atomic E-state index is -0.414. The second-order valence-corrected chi connectivity index (χ2v) is 5.46. The molecule has 1 saturated heterocycles. The number of nitrogens with zero attached hydrogens (tertiary/aromatic N) is 1. The van der Waals surface area contributed by atoms with Gasteiger partial charge in [0.2, 0.25) is 5.91 Å². The van der Waals surface area contributed by atoms with Crippen LogP contribution in [0.2, 0.25) is 0 Å². The minimum Gasteiger partial charge on any atom is -0.355 e. The molecule has 104 valence electrons. The molecular weight excluding hydrogens is 262 g/mol. The first kappa shape index (κ1) is 14.0. The first-order valence-electron chi connectivity index (χ1n) is 6.48. The maximum atomic E-state index is 12.5. The van der Waals surface area contributed by atoms with Gasteiger partial charge in [-0.15, -0.1) is 11.3 Å². The van der Waals surface area contributed by atoms with E-state index in [-0.39, 0.29) is 11.8 Å². The SMILES string of the molecule is CCNC(=O)C1CNCCN1C(=O)c1sccc1C. The maximum absolute atomic E-state index is 12.5. The van der Waals surface area contributed by atoms with Crippen molar-refractivity contribution in [2.75, 3.05) is 26.2 Å². The lowest BCUT2D eigenvalue weighted by Gasteiger charge is -2.35. The van der Waals surface area contributed by atoms with E-state index in [9.17, 15) is 9.59 Å². The molecule has 1 atom stereocenters. The molecule has 1 aliphatic rings. The van der Waals surface area contributed by atoms with Crippen molar-refractivity contribution in [3.05, 3.63) is 21.9 Å². The zero-order valence-electron chi connectivity index (χ0n) is 11.2. The molecule has 0 bridgehead atoms. The van der Waals surface area contributed by atoms with Crippen molar-refractivity contribution in [3.63, 3.8) is 0 Å². The van der Waals surface area contributed by atoms with Crippen LogP contribution in [0.25, 0.3) is 0 Å². The van der Waals surface area contributed by atoms with Crippen molar-refractivity contribution < 1.29 is 9.59 Å². The van der Waals surface area contributed by atoms with E-state index >= 15 is 0 Å². The van der Waals surface area contributed by atoms with Crippen LogP contribution in [0.3, 0.4) is 0 Å². The van der Waals surface area contributed by atoms with Gasteiger partial charge < -0.3 is 15.5 Å². The van der Waals surface area contributed by atoms with Crippen molar-refractivity contribution in [2.45, 2.75) is 19.9 Å². The number of hydrogen-bond donors (Lipinski definition) is 2. The number of piperazine rings is 1. The Morgan fingerprint density at radius 3 is 3.00 bits per heavy atom. The number of amides is 2. The highest BCUT2D eigenvalue weighted by molar-refractivity contribution is 7.12. The summed E-state index contributed by atoms with van der Waals surface area (Å²) in [5.74, 6) is -0.123. The molecule has 1 unspecified atom stereocenters. The Hall–Kier alpha value is -1.40. The van der Waals surface area contributed by atoms with Gasteiger partial charge in [-0.05, 0) is 30.9 Å². The number of nitrogens with one attached hydrogen (secondary N) is 2. The molecule has 1 aromatic rings. The lowest BCUT2D eigenvalue weighted by Crippen LogP contribution is -2.59. The predicted octanol–water partition coefficient (Wildman–Crippen LogP) is 0.607. The smallest absolute Gasteiger partial charge is 0.264 e. The lowest BCUT2D eigenvalue weighted by molar-refractivity contribution is -0.126. The second-order valence-electron chi connectivity index (χ2n) is 4.55. The molecule has 5 nitrogen and oxygen atoms in total. The maximum Gasteiger partial charge on any atom is 0.264 e. The fraction of sp³-hybridized carbons (Fsp3) is 0.538. The van der Waals surface area contributed by atoms with Gasteiger partial charge in [0.15, 0.2) is 0 Å². The van der Waals surface area contributed by atoms with Crippen LogP contribution in [-0.4, -0.2) is 48.9 Å². The van der Waals surface area contributed by atoms with Crippen molar-refractivity contribution in [1.29, 1.82) is 0 Å². The molecule has 6 heteroatoms. The van der Waals surface area contributed by atoms with E-state index in [0.717, 1.165) is 17.0 Å². The number of carbonyl (C=O) groups is 2. The van der Waals surface area contributed by atoms with Gasteiger partial charge in [-0.1, -0.05) is 0 Å². The summed E-state index contributed by atoms with van der Waals surface area (Å²) in [5, 5.41) is 7.87. The topological polar surface area (TPSA) is 61.4 Å². The van der Waals surface area contributed by atoms with Crippen LogP contribution >= 0.6 is 11.3 Å². The zero-order valence-corrected chi connectivity index (χ0v) is 12.0. The molecule has 2 amide bonds. The number of carbonyl (C=O) groups excluding carboxylic acids is 2. The van der Waals surface area contributed by atoms with Crippen LogP contribution in [0, 0.1) is 6.92 Å². The molecular formula is C13H19N3O2S. The van der Waals surface area contributed by atoms with Crippen LogP contribution in [0.15, 0.2) is 11.4 Å². The number of likely N-dealkylation sites (N-methyl/N-ethyl adjacent to an activating group) is 1. The molecule has 0 radical (unpaired) electrons. The summed E-state index contributed by atoms with van der Waals surface area (Å²) in [5.41, 5.74) is 0.975. The molecule has 2 heterocycles. The van der Waals surface area contributed by atoms with E-state index in [1.54, 1.807) is 4.90 Å². The first-order chi connectivity index (χ1) is 9.15. The Balaban J connectivity index is 2.18. The predicted molar refractivity (Wildman–Crippen MR) is 75.4 cm³/mol. The molecule has 1 fully saturated rings. The van der Waals surface area contributed by atoms with E-state index in [0.29, 0.717) is 19.6 Å².